The van der Waals surface area contributed by atoms with Crippen molar-refractivity contribution >= 4 is 22.9 Å². The molecular weight excluding hydrogens is 318 g/mol. The van der Waals surface area contributed by atoms with Crippen molar-refractivity contribution in [1.29, 1.82) is 0 Å². The van der Waals surface area contributed by atoms with Crippen LogP contribution in [0.4, 0.5) is 0 Å². The summed E-state index contributed by atoms with van der Waals surface area (Å²) in [4.78, 5) is 1.34. The van der Waals surface area contributed by atoms with E-state index in [1.165, 1.54) is 16.0 Å². The number of piperidine rings is 1. The van der Waals surface area contributed by atoms with Crippen LogP contribution in [0.15, 0.2) is 18.5 Å². The topological polar surface area (TPSA) is 39.1 Å². The first kappa shape index (κ1) is 14.7. The third-order valence-electron chi connectivity index (χ3n) is 4.73. The van der Waals surface area contributed by atoms with Crippen molar-refractivity contribution in [2.75, 3.05) is 6.61 Å². The standard InChI is InChI=1S/C16H20ClN3OS/c1-10-6-16(7-13(19-10)12-8-18-20(2)9-12)15-11(3-4-21-16)5-14(17)22-15/h5,8-10,13,19H,3-4,6-7H2,1-2H3. The van der Waals surface area contributed by atoms with Crippen LogP contribution in [0.2, 0.25) is 4.34 Å². The first-order chi connectivity index (χ1) is 10.6. The summed E-state index contributed by atoms with van der Waals surface area (Å²) in [6.07, 6.45) is 6.95. The number of aryl methyl sites for hydroxylation is 1. The van der Waals surface area contributed by atoms with E-state index in [2.05, 4.69) is 29.6 Å². The molecule has 1 spiro atoms. The van der Waals surface area contributed by atoms with Gasteiger partial charge in [0, 0.05) is 42.2 Å². The Balaban J connectivity index is 1.72. The summed E-state index contributed by atoms with van der Waals surface area (Å²) in [7, 11) is 1.96. The van der Waals surface area contributed by atoms with E-state index in [1.807, 2.05) is 17.9 Å². The minimum absolute atomic E-state index is 0.198. The highest BCUT2D eigenvalue weighted by atomic mass is 35.5. The summed E-state index contributed by atoms with van der Waals surface area (Å²) >= 11 is 7.97. The summed E-state index contributed by atoms with van der Waals surface area (Å²) in [5.41, 5.74) is 2.41. The third-order valence-corrected chi connectivity index (χ3v) is 6.22. The van der Waals surface area contributed by atoms with Gasteiger partial charge in [0.1, 0.15) is 5.60 Å². The van der Waals surface area contributed by atoms with Crippen LogP contribution in [0.1, 0.15) is 41.8 Å². The number of hydrogen-bond donors (Lipinski definition) is 1. The minimum Gasteiger partial charge on any atom is -0.369 e. The molecule has 4 rings (SSSR count). The molecule has 6 heteroatoms. The van der Waals surface area contributed by atoms with Gasteiger partial charge in [0.2, 0.25) is 0 Å². The largest absolute Gasteiger partial charge is 0.369 e. The number of ether oxygens (including phenoxy) is 1. The van der Waals surface area contributed by atoms with E-state index in [9.17, 15) is 0 Å². The Labute approximate surface area is 139 Å². The molecule has 2 aromatic rings. The molecule has 3 atom stereocenters. The second-order valence-electron chi connectivity index (χ2n) is 6.47. The third kappa shape index (κ3) is 2.40. The average molecular weight is 338 g/mol. The van der Waals surface area contributed by atoms with Crippen molar-refractivity contribution in [3.63, 3.8) is 0 Å². The number of aromatic nitrogens is 2. The van der Waals surface area contributed by atoms with E-state index >= 15 is 0 Å². The molecule has 2 aliphatic rings. The van der Waals surface area contributed by atoms with Crippen molar-refractivity contribution in [1.82, 2.24) is 15.1 Å². The lowest BCUT2D eigenvalue weighted by atomic mass is 9.78. The molecule has 3 unspecified atom stereocenters. The van der Waals surface area contributed by atoms with E-state index in [1.54, 1.807) is 11.3 Å². The second-order valence-corrected chi connectivity index (χ2v) is 8.16. The molecular formula is C16H20ClN3OS. The van der Waals surface area contributed by atoms with Gasteiger partial charge in [-0.3, -0.25) is 4.68 Å². The molecule has 0 saturated carbocycles. The molecule has 1 saturated heterocycles. The zero-order valence-electron chi connectivity index (χ0n) is 12.8. The fraction of sp³-hybridized carbons (Fsp3) is 0.562. The highest BCUT2D eigenvalue weighted by Gasteiger charge is 2.46. The van der Waals surface area contributed by atoms with Crippen molar-refractivity contribution in [2.45, 2.75) is 43.9 Å². The van der Waals surface area contributed by atoms with Crippen LogP contribution in [-0.2, 0) is 23.8 Å². The molecule has 1 N–H and O–H groups in total. The number of halogens is 1. The number of rotatable bonds is 1. The lowest BCUT2D eigenvalue weighted by Crippen LogP contribution is -2.49. The maximum Gasteiger partial charge on any atom is 0.106 e. The van der Waals surface area contributed by atoms with Gasteiger partial charge in [-0.25, -0.2) is 0 Å². The Hall–Kier alpha value is -0.880. The normalized spacial score (nSPS) is 31.4. The average Bonchev–Trinajstić information content (AvgIpc) is 3.04. The Morgan fingerprint density at radius 2 is 2.36 bits per heavy atom. The summed E-state index contributed by atoms with van der Waals surface area (Å²) in [5, 5.41) is 8.01. The predicted octanol–water partition coefficient (Wildman–Crippen LogP) is 3.42. The van der Waals surface area contributed by atoms with Gasteiger partial charge in [0.25, 0.3) is 0 Å². The quantitative estimate of drug-likeness (QED) is 0.866. The molecule has 2 aliphatic heterocycles. The molecule has 2 aromatic heterocycles. The number of nitrogens with zero attached hydrogens (tertiary/aromatic N) is 2. The fourth-order valence-electron chi connectivity index (χ4n) is 3.89. The zero-order valence-corrected chi connectivity index (χ0v) is 14.4. The lowest BCUT2D eigenvalue weighted by Gasteiger charge is -2.46. The maximum absolute atomic E-state index is 6.36. The summed E-state index contributed by atoms with van der Waals surface area (Å²) in [6, 6.07) is 2.78. The molecule has 4 heterocycles. The molecule has 0 amide bonds. The second kappa shape index (κ2) is 5.34. The molecule has 0 radical (unpaired) electrons. The maximum atomic E-state index is 6.36. The van der Waals surface area contributed by atoms with Crippen molar-refractivity contribution in [3.05, 3.63) is 38.8 Å². The van der Waals surface area contributed by atoms with E-state index in [-0.39, 0.29) is 11.6 Å². The van der Waals surface area contributed by atoms with Crippen molar-refractivity contribution in [2.24, 2.45) is 7.05 Å². The molecule has 4 nitrogen and oxygen atoms in total. The SMILES string of the molecule is CC1CC2(CC(c3cnn(C)c3)N1)OCCc1cc(Cl)sc12. The van der Waals surface area contributed by atoms with Crippen LogP contribution in [0.25, 0.3) is 0 Å². The molecule has 0 aromatic carbocycles. The van der Waals surface area contributed by atoms with Crippen LogP contribution in [0.5, 0.6) is 0 Å². The van der Waals surface area contributed by atoms with Gasteiger partial charge in [-0.05, 0) is 31.4 Å². The Kier molecular flexibility index (Phi) is 3.57. The van der Waals surface area contributed by atoms with Crippen molar-refractivity contribution in [3.8, 4) is 0 Å². The van der Waals surface area contributed by atoms with Gasteiger partial charge in [-0.2, -0.15) is 5.10 Å². The first-order valence-corrected chi connectivity index (χ1v) is 8.92. The molecule has 22 heavy (non-hydrogen) atoms. The predicted molar refractivity (Wildman–Crippen MR) is 88.4 cm³/mol. The van der Waals surface area contributed by atoms with Gasteiger partial charge in [-0.15, -0.1) is 11.3 Å². The van der Waals surface area contributed by atoms with E-state index in [4.69, 9.17) is 16.3 Å². The van der Waals surface area contributed by atoms with Crippen LogP contribution in [0, 0.1) is 0 Å². The Morgan fingerprint density at radius 3 is 3.14 bits per heavy atom. The number of thiophene rings is 1. The Bertz CT molecular complexity index is 697. The van der Waals surface area contributed by atoms with Crippen LogP contribution in [-0.4, -0.2) is 22.4 Å². The number of hydrogen-bond acceptors (Lipinski definition) is 4. The summed E-state index contributed by atoms with van der Waals surface area (Å²) in [5.74, 6) is 0. The molecule has 1 fully saturated rings. The van der Waals surface area contributed by atoms with Crippen molar-refractivity contribution < 1.29 is 4.74 Å². The van der Waals surface area contributed by atoms with Gasteiger partial charge in [0.05, 0.1) is 17.1 Å². The lowest BCUT2D eigenvalue weighted by molar-refractivity contribution is -0.0954. The van der Waals surface area contributed by atoms with E-state index in [0.717, 1.165) is 30.2 Å². The van der Waals surface area contributed by atoms with Gasteiger partial charge in [0.15, 0.2) is 0 Å². The zero-order chi connectivity index (χ0) is 15.3. The van der Waals surface area contributed by atoms with Crippen LogP contribution in [0.3, 0.4) is 0 Å². The molecule has 118 valence electrons. The monoisotopic (exact) mass is 337 g/mol. The van der Waals surface area contributed by atoms with Crippen LogP contribution >= 0.6 is 22.9 Å². The van der Waals surface area contributed by atoms with Gasteiger partial charge < -0.3 is 10.1 Å². The molecule has 0 aliphatic carbocycles. The van der Waals surface area contributed by atoms with E-state index < -0.39 is 0 Å². The smallest absolute Gasteiger partial charge is 0.106 e. The molecule has 0 bridgehead atoms. The first-order valence-electron chi connectivity index (χ1n) is 7.73. The number of fused-ring (bicyclic) bond motifs is 2. The number of nitrogens with one attached hydrogen (secondary N) is 1. The Morgan fingerprint density at radius 1 is 1.50 bits per heavy atom. The summed E-state index contributed by atoms with van der Waals surface area (Å²) in [6.45, 7) is 3.02. The highest BCUT2D eigenvalue weighted by Crippen LogP contribution is 2.49. The fourth-order valence-corrected chi connectivity index (χ4v) is 5.36. The van der Waals surface area contributed by atoms with Crippen LogP contribution < -0.4 is 5.32 Å². The van der Waals surface area contributed by atoms with Gasteiger partial charge in [-0.1, -0.05) is 11.6 Å². The minimum atomic E-state index is -0.198. The summed E-state index contributed by atoms with van der Waals surface area (Å²) < 4.78 is 9.09. The van der Waals surface area contributed by atoms with Gasteiger partial charge >= 0.3 is 0 Å². The van der Waals surface area contributed by atoms with E-state index in [0.29, 0.717) is 6.04 Å². The highest BCUT2D eigenvalue weighted by molar-refractivity contribution is 7.16.